The number of anilines is 1. The highest BCUT2D eigenvalue weighted by atomic mass is 32.2. The quantitative estimate of drug-likeness (QED) is 0.847. The van der Waals surface area contributed by atoms with Crippen molar-refractivity contribution in [3.05, 3.63) is 18.2 Å². The van der Waals surface area contributed by atoms with Gasteiger partial charge >= 0.3 is 6.29 Å². The molecule has 1 heterocycles. The fourth-order valence-electron chi connectivity index (χ4n) is 1.40. The van der Waals surface area contributed by atoms with Crippen LogP contribution in [0.1, 0.15) is 0 Å². The summed E-state index contributed by atoms with van der Waals surface area (Å²) in [5.41, 5.74) is 0.429. The molecule has 1 aromatic carbocycles. The normalized spacial score (nSPS) is 16.6. The minimum Gasteiger partial charge on any atom is -0.395 e. The summed E-state index contributed by atoms with van der Waals surface area (Å²) in [5, 5.41) is 7.53. The number of ether oxygens (including phenoxy) is 2. The first-order valence-electron chi connectivity index (χ1n) is 4.89. The Morgan fingerprint density at radius 1 is 1.28 bits per heavy atom. The number of benzene rings is 1. The Morgan fingerprint density at radius 3 is 2.61 bits per heavy atom. The molecule has 100 valence electrons. The van der Waals surface area contributed by atoms with Crippen LogP contribution in [0.5, 0.6) is 11.5 Å². The number of hydrogen-bond donors (Lipinski definition) is 2. The maximum atomic E-state index is 12.7. The Hall–Kier alpha value is -1.61. The van der Waals surface area contributed by atoms with Gasteiger partial charge in [0.05, 0.1) is 5.75 Å². The lowest BCUT2D eigenvalue weighted by molar-refractivity contribution is -0.286. The average Bonchev–Trinajstić information content (AvgIpc) is 2.49. The molecule has 0 radical (unpaired) electrons. The molecule has 0 unspecified atom stereocenters. The van der Waals surface area contributed by atoms with Crippen molar-refractivity contribution in [2.75, 3.05) is 17.6 Å². The fraction of sp³-hybridized carbons (Fsp3) is 0.333. The summed E-state index contributed by atoms with van der Waals surface area (Å²) < 4.78 is 55.3. The predicted octanol–water partition coefficient (Wildman–Crippen LogP) is 0.708. The van der Waals surface area contributed by atoms with E-state index in [0.29, 0.717) is 5.69 Å². The van der Waals surface area contributed by atoms with Crippen molar-refractivity contribution < 1.29 is 26.7 Å². The number of nitrogens with two attached hydrogens (primary N) is 1. The molecule has 6 nitrogen and oxygen atoms in total. The van der Waals surface area contributed by atoms with Gasteiger partial charge in [0.15, 0.2) is 11.5 Å². The Kier molecular flexibility index (Phi) is 3.03. The van der Waals surface area contributed by atoms with Crippen molar-refractivity contribution in [3.8, 4) is 11.5 Å². The third-order valence-electron chi connectivity index (χ3n) is 2.12. The van der Waals surface area contributed by atoms with Gasteiger partial charge in [0, 0.05) is 18.3 Å². The van der Waals surface area contributed by atoms with Crippen LogP contribution in [0.15, 0.2) is 18.2 Å². The second-order valence-electron chi connectivity index (χ2n) is 3.62. The van der Waals surface area contributed by atoms with Gasteiger partial charge in [-0.05, 0) is 12.1 Å². The Bertz CT molecular complexity index is 562. The fourth-order valence-corrected chi connectivity index (χ4v) is 1.78. The molecule has 9 heteroatoms. The van der Waals surface area contributed by atoms with Crippen LogP contribution < -0.4 is 19.9 Å². The number of sulfonamides is 1. The van der Waals surface area contributed by atoms with Crippen molar-refractivity contribution >= 4 is 15.7 Å². The number of hydrogen-bond acceptors (Lipinski definition) is 5. The van der Waals surface area contributed by atoms with Gasteiger partial charge in [-0.25, -0.2) is 13.6 Å². The lowest BCUT2D eigenvalue weighted by Crippen LogP contribution is -2.25. The summed E-state index contributed by atoms with van der Waals surface area (Å²) in [4.78, 5) is 0. The number of rotatable bonds is 4. The van der Waals surface area contributed by atoms with Crippen LogP contribution in [-0.2, 0) is 10.0 Å². The van der Waals surface area contributed by atoms with Gasteiger partial charge in [0.25, 0.3) is 0 Å². The van der Waals surface area contributed by atoms with E-state index in [1.807, 2.05) is 0 Å². The highest BCUT2D eigenvalue weighted by Crippen LogP contribution is 2.42. The van der Waals surface area contributed by atoms with E-state index in [-0.39, 0.29) is 23.8 Å². The molecule has 1 aliphatic rings. The molecular formula is C9H10F2N2O4S. The number of primary sulfonamides is 1. The number of alkyl halides is 2. The Labute approximate surface area is 102 Å². The summed E-state index contributed by atoms with van der Waals surface area (Å²) in [5.74, 6) is -0.449. The monoisotopic (exact) mass is 280 g/mol. The van der Waals surface area contributed by atoms with Gasteiger partial charge in [0.1, 0.15) is 0 Å². The number of halogens is 2. The molecular weight excluding hydrogens is 270 g/mol. The molecule has 0 saturated carbocycles. The van der Waals surface area contributed by atoms with E-state index in [2.05, 4.69) is 14.8 Å². The largest absolute Gasteiger partial charge is 0.586 e. The molecule has 1 aliphatic heterocycles. The van der Waals surface area contributed by atoms with Gasteiger partial charge < -0.3 is 14.8 Å². The number of fused-ring (bicyclic) bond motifs is 1. The van der Waals surface area contributed by atoms with Gasteiger partial charge in [-0.1, -0.05) is 0 Å². The number of nitrogens with one attached hydrogen (secondary N) is 1. The molecule has 0 bridgehead atoms. The summed E-state index contributed by atoms with van der Waals surface area (Å²) >= 11 is 0. The molecule has 2 rings (SSSR count). The van der Waals surface area contributed by atoms with E-state index in [1.165, 1.54) is 18.2 Å². The SMILES string of the molecule is NS(=O)(=O)CCNc1ccc2c(c1)OC(F)(F)O2. The summed E-state index contributed by atoms with van der Waals surface area (Å²) in [6, 6.07) is 4.06. The van der Waals surface area contributed by atoms with Crippen molar-refractivity contribution in [1.82, 2.24) is 0 Å². The van der Waals surface area contributed by atoms with Gasteiger partial charge in [-0.15, -0.1) is 8.78 Å². The van der Waals surface area contributed by atoms with Crippen LogP contribution >= 0.6 is 0 Å². The second-order valence-corrected chi connectivity index (χ2v) is 5.36. The molecule has 0 amide bonds. The zero-order valence-electron chi connectivity index (χ0n) is 9.02. The van der Waals surface area contributed by atoms with Crippen molar-refractivity contribution in [2.45, 2.75) is 6.29 Å². The molecule has 0 atom stereocenters. The summed E-state index contributed by atoms with van der Waals surface area (Å²) in [6.07, 6.45) is -3.67. The minimum atomic E-state index is -3.67. The zero-order chi connectivity index (χ0) is 13.4. The van der Waals surface area contributed by atoms with E-state index < -0.39 is 16.3 Å². The van der Waals surface area contributed by atoms with Gasteiger partial charge in [-0.3, -0.25) is 0 Å². The van der Waals surface area contributed by atoms with Crippen LogP contribution in [0.25, 0.3) is 0 Å². The lowest BCUT2D eigenvalue weighted by atomic mass is 10.3. The van der Waals surface area contributed by atoms with E-state index >= 15 is 0 Å². The Morgan fingerprint density at radius 2 is 1.94 bits per heavy atom. The van der Waals surface area contributed by atoms with Crippen molar-refractivity contribution in [1.29, 1.82) is 0 Å². The van der Waals surface area contributed by atoms with E-state index in [0.717, 1.165) is 0 Å². The molecule has 1 aromatic rings. The first-order chi connectivity index (χ1) is 8.25. The van der Waals surface area contributed by atoms with Crippen LogP contribution in [0.2, 0.25) is 0 Å². The minimum absolute atomic E-state index is 0.0644. The molecule has 18 heavy (non-hydrogen) atoms. The molecule has 0 spiro atoms. The van der Waals surface area contributed by atoms with E-state index in [4.69, 9.17) is 5.14 Å². The smallest absolute Gasteiger partial charge is 0.395 e. The second kappa shape index (κ2) is 4.25. The Balaban J connectivity index is 2.01. The molecule has 0 saturated heterocycles. The topological polar surface area (TPSA) is 90.7 Å². The van der Waals surface area contributed by atoms with Crippen LogP contribution in [0.3, 0.4) is 0 Å². The molecule has 3 N–H and O–H groups in total. The lowest BCUT2D eigenvalue weighted by Gasteiger charge is -2.06. The molecule has 0 fully saturated rings. The third-order valence-corrected chi connectivity index (χ3v) is 2.89. The molecule has 0 aliphatic carbocycles. The first-order valence-corrected chi connectivity index (χ1v) is 6.61. The highest BCUT2D eigenvalue weighted by Gasteiger charge is 2.43. The van der Waals surface area contributed by atoms with Gasteiger partial charge in [0.2, 0.25) is 10.0 Å². The van der Waals surface area contributed by atoms with Crippen molar-refractivity contribution in [3.63, 3.8) is 0 Å². The van der Waals surface area contributed by atoms with Gasteiger partial charge in [-0.2, -0.15) is 0 Å². The van der Waals surface area contributed by atoms with E-state index in [1.54, 1.807) is 0 Å². The zero-order valence-corrected chi connectivity index (χ0v) is 9.84. The van der Waals surface area contributed by atoms with Crippen LogP contribution in [0.4, 0.5) is 14.5 Å². The maximum absolute atomic E-state index is 12.7. The standard InChI is InChI=1S/C9H10F2N2O4S/c10-9(11)16-7-2-1-6(5-8(7)17-9)13-3-4-18(12,14)15/h1-2,5,13H,3-4H2,(H2,12,14,15). The van der Waals surface area contributed by atoms with Crippen LogP contribution in [0, 0.1) is 0 Å². The maximum Gasteiger partial charge on any atom is 0.586 e. The van der Waals surface area contributed by atoms with E-state index in [9.17, 15) is 17.2 Å². The summed E-state index contributed by atoms with van der Waals surface area (Å²) in [6.45, 7) is 0.0644. The van der Waals surface area contributed by atoms with Crippen LogP contribution in [-0.4, -0.2) is 27.0 Å². The first kappa shape index (κ1) is 12.8. The average molecular weight is 280 g/mol. The van der Waals surface area contributed by atoms with Crippen molar-refractivity contribution in [2.24, 2.45) is 5.14 Å². The molecule has 0 aromatic heterocycles. The third kappa shape index (κ3) is 3.20. The highest BCUT2D eigenvalue weighted by molar-refractivity contribution is 7.89. The summed E-state index contributed by atoms with van der Waals surface area (Å²) in [7, 11) is -3.56. The predicted molar refractivity (Wildman–Crippen MR) is 59.1 cm³/mol.